The zero-order valence-electron chi connectivity index (χ0n) is 20.7. The quantitative estimate of drug-likeness (QED) is 0.589. The number of anilines is 3. The van der Waals surface area contributed by atoms with Crippen LogP contribution in [0.5, 0.6) is 0 Å². The van der Waals surface area contributed by atoms with Crippen LogP contribution >= 0.6 is 0 Å². The summed E-state index contributed by atoms with van der Waals surface area (Å²) in [6, 6.07) is 12.7. The Morgan fingerprint density at radius 2 is 1.76 bits per heavy atom. The number of benzene rings is 2. The summed E-state index contributed by atoms with van der Waals surface area (Å²) in [5.74, 6) is 0. The van der Waals surface area contributed by atoms with Crippen LogP contribution in [0.4, 0.5) is 21.9 Å². The van der Waals surface area contributed by atoms with Gasteiger partial charge in [0, 0.05) is 30.8 Å². The minimum atomic E-state index is -0.596. The van der Waals surface area contributed by atoms with Crippen LogP contribution in [0.3, 0.4) is 0 Å². The molecule has 2 heterocycles. The molecular formula is C27H36N2O4. The number of nitrogens with zero attached hydrogens (tertiary/aromatic N) is 2. The van der Waals surface area contributed by atoms with E-state index >= 15 is 0 Å². The Hall–Kier alpha value is -2.57. The predicted octanol–water partition coefficient (Wildman–Crippen LogP) is 5.77. The van der Waals surface area contributed by atoms with E-state index < -0.39 is 5.60 Å². The van der Waals surface area contributed by atoms with Gasteiger partial charge in [0.15, 0.2) is 0 Å². The third-order valence-corrected chi connectivity index (χ3v) is 6.30. The van der Waals surface area contributed by atoms with E-state index in [1.165, 1.54) is 0 Å². The van der Waals surface area contributed by atoms with Crippen molar-refractivity contribution >= 4 is 23.2 Å². The van der Waals surface area contributed by atoms with Gasteiger partial charge in [-0.2, -0.15) is 0 Å². The average Bonchev–Trinajstić information content (AvgIpc) is 2.77. The first-order chi connectivity index (χ1) is 15.6. The molecule has 1 saturated heterocycles. The molecule has 0 unspecified atom stereocenters. The second kappa shape index (κ2) is 8.99. The minimum absolute atomic E-state index is 0.283. The van der Waals surface area contributed by atoms with Crippen molar-refractivity contribution in [3.05, 3.63) is 53.1 Å². The minimum Gasteiger partial charge on any atom is -0.443 e. The number of carbonyl (C=O) groups excluding carboxylic acids is 1. The summed E-state index contributed by atoms with van der Waals surface area (Å²) >= 11 is 0. The van der Waals surface area contributed by atoms with Gasteiger partial charge in [0.2, 0.25) is 0 Å². The molecule has 0 bridgehead atoms. The van der Waals surface area contributed by atoms with Gasteiger partial charge in [-0.3, -0.25) is 0 Å². The van der Waals surface area contributed by atoms with E-state index in [1.807, 2.05) is 39.8 Å². The summed E-state index contributed by atoms with van der Waals surface area (Å²) in [6.45, 7) is 16.4. The molecule has 0 aromatic heterocycles. The zero-order valence-corrected chi connectivity index (χ0v) is 20.7. The van der Waals surface area contributed by atoms with Crippen molar-refractivity contribution in [1.29, 1.82) is 0 Å². The molecule has 6 heteroatoms. The van der Waals surface area contributed by atoms with Crippen LogP contribution in [0.15, 0.2) is 36.4 Å². The third-order valence-electron chi connectivity index (χ3n) is 6.30. The Bertz CT molecular complexity index is 1020. The molecule has 2 aliphatic rings. The van der Waals surface area contributed by atoms with Crippen molar-refractivity contribution in [2.45, 2.75) is 59.2 Å². The second-order valence-electron chi connectivity index (χ2n) is 10.2. The number of hydrogen-bond acceptors (Lipinski definition) is 5. The van der Waals surface area contributed by atoms with E-state index in [-0.39, 0.29) is 11.5 Å². The van der Waals surface area contributed by atoms with Crippen LogP contribution in [0, 0.1) is 0 Å². The predicted molar refractivity (Wildman–Crippen MR) is 132 cm³/mol. The summed E-state index contributed by atoms with van der Waals surface area (Å²) in [5.41, 5.74) is 5.25. The summed E-state index contributed by atoms with van der Waals surface area (Å²) in [7, 11) is 0. The monoisotopic (exact) mass is 452 g/mol. The molecule has 6 nitrogen and oxygen atoms in total. The molecule has 1 fully saturated rings. The van der Waals surface area contributed by atoms with Gasteiger partial charge < -0.3 is 19.1 Å². The summed E-state index contributed by atoms with van der Waals surface area (Å²) in [6.07, 6.45) is -0.364. The molecule has 178 valence electrons. The second-order valence-corrected chi connectivity index (χ2v) is 10.2. The van der Waals surface area contributed by atoms with Crippen LogP contribution in [0.25, 0.3) is 0 Å². The number of ether oxygens (including phenoxy) is 3. The average molecular weight is 453 g/mol. The topological polar surface area (TPSA) is 51.2 Å². The SMILES string of the molecule is CCOCc1ccc2c(c1)C(C)(C)c1ccc(N3CCOCC3)cc1N2C(=O)OC(C)(C)C. The normalized spacial score (nSPS) is 17.4. The number of hydrogen-bond donors (Lipinski definition) is 0. The van der Waals surface area contributed by atoms with E-state index in [4.69, 9.17) is 14.2 Å². The van der Waals surface area contributed by atoms with Gasteiger partial charge in [0.25, 0.3) is 0 Å². The fourth-order valence-corrected chi connectivity index (χ4v) is 4.62. The van der Waals surface area contributed by atoms with Crippen molar-refractivity contribution in [2.24, 2.45) is 0 Å². The molecule has 0 saturated carbocycles. The van der Waals surface area contributed by atoms with Crippen LogP contribution in [0.2, 0.25) is 0 Å². The fourth-order valence-electron chi connectivity index (χ4n) is 4.62. The molecule has 1 amide bonds. The lowest BCUT2D eigenvalue weighted by Crippen LogP contribution is -2.40. The molecule has 2 aromatic carbocycles. The summed E-state index contributed by atoms with van der Waals surface area (Å²) in [5, 5.41) is 0. The van der Waals surface area contributed by atoms with Crippen LogP contribution in [-0.4, -0.2) is 44.6 Å². The lowest BCUT2D eigenvalue weighted by Gasteiger charge is -2.42. The van der Waals surface area contributed by atoms with Gasteiger partial charge in [-0.05, 0) is 62.6 Å². The first kappa shape index (κ1) is 23.6. The smallest absolute Gasteiger partial charge is 0.419 e. The van der Waals surface area contributed by atoms with E-state index in [9.17, 15) is 4.79 Å². The first-order valence-corrected chi connectivity index (χ1v) is 11.8. The first-order valence-electron chi connectivity index (χ1n) is 11.8. The highest BCUT2D eigenvalue weighted by Crippen LogP contribution is 2.50. The number of carbonyl (C=O) groups is 1. The molecule has 2 aromatic rings. The number of morpholine rings is 1. The van der Waals surface area contributed by atoms with E-state index in [0.717, 1.165) is 46.8 Å². The van der Waals surface area contributed by atoms with Gasteiger partial charge in [-0.15, -0.1) is 0 Å². The van der Waals surface area contributed by atoms with Crippen LogP contribution in [0.1, 0.15) is 58.2 Å². The molecule has 0 N–H and O–H groups in total. The summed E-state index contributed by atoms with van der Waals surface area (Å²) < 4.78 is 17.0. The highest BCUT2D eigenvalue weighted by atomic mass is 16.6. The maximum absolute atomic E-state index is 13.5. The van der Waals surface area contributed by atoms with Gasteiger partial charge >= 0.3 is 6.09 Å². The molecule has 4 rings (SSSR count). The highest BCUT2D eigenvalue weighted by Gasteiger charge is 2.40. The van der Waals surface area contributed by atoms with Gasteiger partial charge in [-0.1, -0.05) is 32.0 Å². The number of amides is 1. The number of rotatable bonds is 4. The maximum atomic E-state index is 13.5. The molecule has 33 heavy (non-hydrogen) atoms. The fraction of sp³-hybridized carbons (Fsp3) is 0.519. The van der Waals surface area contributed by atoms with E-state index in [0.29, 0.717) is 26.4 Å². The van der Waals surface area contributed by atoms with Gasteiger partial charge in [0.05, 0.1) is 31.2 Å². The Labute approximate surface area is 197 Å². The largest absolute Gasteiger partial charge is 0.443 e. The van der Waals surface area contributed by atoms with Crippen molar-refractivity contribution in [1.82, 2.24) is 0 Å². The lowest BCUT2D eigenvalue weighted by atomic mass is 9.73. The molecule has 0 atom stereocenters. The Balaban J connectivity index is 1.84. The Morgan fingerprint density at radius 1 is 1.03 bits per heavy atom. The Morgan fingerprint density at radius 3 is 2.42 bits per heavy atom. The van der Waals surface area contributed by atoms with Crippen molar-refractivity contribution in [2.75, 3.05) is 42.7 Å². The van der Waals surface area contributed by atoms with E-state index in [2.05, 4.69) is 43.0 Å². The van der Waals surface area contributed by atoms with Crippen molar-refractivity contribution < 1.29 is 19.0 Å². The molecular weight excluding hydrogens is 416 g/mol. The highest BCUT2D eigenvalue weighted by molar-refractivity contribution is 6.01. The molecule has 0 spiro atoms. The number of fused-ring (bicyclic) bond motifs is 2. The van der Waals surface area contributed by atoms with Crippen LogP contribution < -0.4 is 9.80 Å². The molecule has 0 radical (unpaired) electrons. The van der Waals surface area contributed by atoms with Crippen molar-refractivity contribution in [3.8, 4) is 0 Å². The Kier molecular flexibility index (Phi) is 6.43. The standard InChI is InChI=1S/C27H36N2O4/c1-7-31-18-19-8-11-23-22(16-19)27(5,6)21-10-9-20(28-12-14-32-15-13-28)17-24(21)29(23)25(30)33-26(2,3)4/h8-11,16-17H,7,12-15,18H2,1-6H3. The molecule has 2 aliphatic heterocycles. The van der Waals surface area contributed by atoms with Crippen LogP contribution in [-0.2, 0) is 26.2 Å². The van der Waals surface area contributed by atoms with Gasteiger partial charge in [-0.25, -0.2) is 9.69 Å². The van der Waals surface area contributed by atoms with E-state index in [1.54, 1.807) is 4.90 Å². The summed E-state index contributed by atoms with van der Waals surface area (Å²) in [4.78, 5) is 17.6. The third kappa shape index (κ3) is 4.73. The maximum Gasteiger partial charge on any atom is 0.419 e. The zero-order chi connectivity index (χ0) is 23.8. The molecule has 0 aliphatic carbocycles. The van der Waals surface area contributed by atoms with Gasteiger partial charge in [0.1, 0.15) is 5.60 Å². The van der Waals surface area contributed by atoms with Crippen molar-refractivity contribution in [3.63, 3.8) is 0 Å². The lowest BCUT2D eigenvalue weighted by molar-refractivity contribution is 0.0597.